The van der Waals surface area contributed by atoms with Gasteiger partial charge in [0.05, 0.1) is 23.1 Å². The molecule has 4 atom stereocenters. The molecule has 0 unspecified atom stereocenters. The molecule has 3 amide bonds. The molecule has 2 aromatic rings. The van der Waals surface area contributed by atoms with Gasteiger partial charge in [0, 0.05) is 17.3 Å². The average molecular weight is 469 g/mol. The minimum Gasteiger partial charge on any atom is -0.324 e. The number of rotatable bonds is 1. The number of alkyl halides is 3. The van der Waals surface area contributed by atoms with Crippen LogP contribution in [0.2, 0.25) is 0 Å². The van der Waals surface area contributed by atoms with Crippen LogP contribution >= 0.6 is 0 Å². The molecule has 2 aromatic carbocycles. The highest BCUT2D eigenvalue weighted by Gasteiger charge is 2.75. The molecule has 0 saturated carbocycles. The molecule has 6 rings (SSSR count). The molecule has 1 spiro atoms. The maximum Gasteiger partial charge on any atom is 0.418 e. The van der Waals surface area contributed by atoms with E-state index < -0.39 is 46.6 Å². The van der Waals surface area contributed by atoms with E-state index in [1.165, 1.54) is 12.1 Å². The summed E-state index contributed by atoms with van der Waals surface area (Å²) in [6, 6.07) is 8.02. The number of aryl methyl sites for hydroxylation is 2. The van der Waals surface area contributed by atoms with E-state index >= 15 is 0 Å². The van der Waals surface area contributed by atoms with E-state index in [-0.39, 0.29) is 11.9 Å². The summed E-state index contributed by atoms with van der Waals surface area (Å²) in [6.45, 7) is 4.30. The summed E-state index contributed by atoms with van der Waals surface area (Å²) in [6.07, 6.45) is -3.40. The molecule has 34 heavy (non-hydrogen) atoms. The topological polar surface area (TPSA) is 69.7 Å². The Labute approximate surface area is 193 Å². The fourth-order valence-corrected chi connectivity index (χ4v) is 6.81. The zero-order chi connectivity index (χ0) is 24.2. The number of amides is 3. The van der Waals surface area contributed by atoms with Crippen molar-refractivity contribution < 1.29 is 27.6 Å². The van der Waals surface area contributed by atoms with Gasteiger partial charge < -0.3 is 5.32 Å². The van der Waals surface area contributed by atoms with E-state index in [4.69, 9.17) is 0 Å². The normalized spacial score (nSPS) is 30.2. The van der Waals surface area contributed by atoms with Crippen LogP contribution in [0.3, 0.4) is 0 Å². The Kier molecular flexibility index (Phi) is 4.20. The summed E-state index contributed by atoms with van der Waals surface area (Å²) in [7, 11) is 0. The molecule has 4 aliphatic heterocycles. The molecule has 0 aromatic heterocycles. The van der Waals surface area contributed by atoms with Crippen LogP contribution in [-0.2, 0) is 26.1 Å². The van der Waals surface area contributed by atoms with Gasteiger partial charge in [-0.3, -0.25) is 19.3 Å². The number of anilines is 2. The van der Waals surface area contributed by atoms with Gasteiger partial charge in [0.25, 0.3) is 0 Å². The Morgan fingerprint density at radius 1 is 1.06 bits per heavy atom. The number of hydrogen-bond acceptors (Lipinski definition) is 4. The summed E-state index contributed by atoms with van der Waals surface area (Å²) in [5.74, 6) is -3.76. The third-order valence-corrected chi connectivity index (χ3v) is 7.89. The standard InChI is InChI=1S/C25H22F3N3O3/c1-12-10-13(2)20-15(11-12)24(23(34)29-20)19-18(17-8-5-9-30(17)24)21(32)31(22(19)33)16-7-4-3-6-14(16)25(26,27)28/h3-4,6-7,10-11,17-19H,5,8-9H2,1-2H3,(H,29,34)/t17-,18+,19+,24-/m1/s1. The van der Waals surface area contributed by atoms with Gasteiger partial charge in [-0.05, 0) is 50.9 Å². The second kappa shape index (κ2) is 6.69. The molecule has 6 nitrogen and oxygen atoms in total. The van der Waals surface area contributed by atoms with Crippen LogP contribution in [0.15, 0.2) is 36.4 Å². The molecule has 3 fully saturated rings. The number of carbonyl (C=O) groups excluding carboxylic acids is 3. The number of imide groups is 1. The lowest BCUT2D eigenvalue weighted by Crippen LogP contribution is -2.54. The number of fused-ring (bicyclic) bond motifs is 7. The first-order valence-corrected chi connectivity index (χ1v) is 11.3. The molecule has 4 aliphatic rings. The van der Waals surface area contributed by atoms with Crippen LogP contribution in [0, 0.1) is 25.7 Å². The molecule has 1 N–H and O–H groups in total. The Morgan fingerprint density at radius 3 is 2.53 bits per heavy atom. The zero-order valence-electron chi connectivity index (χ0n) is 18.6. The van der Waals surface area contributed by atoms with Gasteiger partial charge in [0.15, 0.2) is 0 Å². The molecule has 9 heteroatoms. The molecule has 0 bridgehead atoms. The van der Waals surface area contributed by atoms with Gasteiger partial charge >= 0.3 is 6.18 Å². The lowest BCUT2D eigenvalue weighted by atomic mass is 9.75. The summed E-state index contributed by atoms with van der Waals surface area (Å²) in [5, 5.41) is 2.93. The first-order valence-electron chi connectivity index (χ1n) is 11.3. The number of carbonyl (C=O) groups is 3. The summed E-state index contributed by atoms with van der Waals surface area (Å²) < 4.78 is 41.3. The Balaban J connectivity index is 1.58. The van der Waals surface area contributed by atoms with Crippen LogP contribution < -0.4 is 10.2 Å². The Bertz CT molecular complexity index is 1290. The maximum absolute atomic E-state index is 13.9. The third-order valence-electron chi connectivity index (χ3n) is 7.89. The van der Waals surface area contributed by atoms with Crippen molar-refractivity contribution in [3.8, 4) is 0 Å². The quantitative estimate of drug-likeness (QED) is 0.646. The molecule has 3 saturated heterocycles. The van der Waals surface area contributed by atoms with Crippen LogP contribution in [0.4, 0.5) is 24.5 Å². The minimum atomic E-state index is -4.74. The van der Waals surface area contributed by atoms with Crippen LogP contribution in [0.1, 0.15) is 35.1 Å². The van der Waals surface area contributed by atoms with Crippen molar-refractivity contribution in [2.75, 3.05) is 16.8 Å². The molecule has 4 heterocycles. The Morgan fingerprint density at radius 2 is 1.79 bits per heavy atom. The summed E-state index contributed by atoms with van der Waals surface area (Å²) in [4.78, 5) is 44.0. The van der Waals surface area contributed by atoms with E-state index in [2.05, 4.69) is 5.32 Å². The number of para-hydroxylation sites is 1. The van der Waals surface area contributed by atoms with Crippen molar-refractivity contribution >= 4 is 29.1 Å². The van der Waals surface area contributed by atoms with Gasteiger partial charge in [-0.15, -0.1) is 0 Å². The van der Waals surface area contributed by atoms with Crippen molar-refractivity contribution in [3.05, 3.63) is 58.7 Å². The highest BCUT2D eigenvalue weighted by atomic mass is 19.4. The average Bonchev–Trinajstić information content (AvgIpc) is 3.46. The predicted molar refractivity (Wildman–Crippen MR) is 117 cm³/mol. The summed E-state index contributed by atoms with van der Waals surface area (Å²) in [5.41, 5.74) is 0.0813. The lowest BCUT2D eigenvalue weighted by Gasteiger charge is -2.37. The van der Waals surface area contributed by atoms with Crippen molar-refractivity contribution in [2.24, 2.45) is 11.8 Å². The number of hydrogen-bond donors (Lipinski definition) is 1. The van der Waals surface area contributed by atoms with Crippen molar-refractivity contribution in [3.63, 3.8) is 0 Å². The first kappa shape index (κ1) is 21.3. The SMILES string of the molecule is Cc1cc(C)c2c(c1)[C@]1(C(=O)N2)[C@@H]2C(=O)N(c3ccccc3C(F)(F)F)C(=O)[C@H]2[C@H]2CCCN21. The third kappa shape index (κ3) is 2.43. The zero-order valence-corrected chi connectivity index (χ0v) is 18.6. The van der Waals surface area contributed by atoms with Gasteiger partial charge in [0.2, 0.25) is 17.7 Å². The van der Waals surface area contributed by atoms with Crippen LogP contribution in [0.25, 0.3) is 0 Å². The van der Waals surface area contributed by atoms with Crippen molar-refractivity contribution in [1.29, 1.82) is 0 Å². The molecular weight excluding hydrogens is 447 g/mol. The highest BCUT2D eigenvalue weighted by molar-refractivity contribution is 6.26. The second-order valence-corrected chi connectivity index (χ2v) is 9.66. The number of benzene rings is 2. The summed E-state index contributed by atoms with van der Waals surface area (Å²) >= 11 is 0. The smallest absolute Gasteiger partial charge is 0.324 e. The predicted octanol–water partition coefficient (Wildman–Crippen LogP) is 3.75. The van der Waals surface area contributed by atoms with Crippen molar-refractivity contribution in [1.82, 2.24) is 4.90 Å². The molecule has 0 radical (unpaired) electrons. The number of nitrogens with zero attached hydrogens (tertiary/aromatic N) is 2. The van der Waals surface area contributed by atoms with Gasteiger partial charge in [-0.25, -0.2) is 4.90 Å². The van der Waals surface area contributed by atoms with Gasteiger partial charge in [-0.2, -0.15) is 13.2 Å². The fraction of sp³-hybridized carbons (Fsp3) is 0.400. The van der Waals surface area contributed by atoms with E-state index in [0.29, 0.717) is 29.1 Å². The highest BCUT2D eigenvalue weighted by Crippen LogP contribution is 2.61. The fourth-order valence-electron chi connectivity index (χ4n) is 6.81. The van der Waals surface area contributed by atoms with Gasteiger partial charge in [-0.1, -0.05) is 29.8 Å². The molecule has 0 aliphatic carbocycles. The van der Waals surface area contributed by atoms with Gasteiger partial charge in [0.1, 0.15) is 5.54 Å². The van der Waals surface area contributed by atoms with E-state index in [1.54, 1.807) is 0 Å². The van der Waals surface area contributed by atoms with E-state index in [9.17, 15) is 27.6 Å². The first-order chi connectivity index (χ1) is 16.1. The van der Waals surface area contributed by atoms with Crippen molar-refractivity contribution in [2.45, 2.75) is 44.4 Å². The van der Waals surface area contributed by atoms with Crippen LogP contribution in [0.5, 0.6) is 0 Å². The minimum absolute atomic E-state index is 0.386. The van der Waals surface area contributed by atoms with Crippen LogP contribution in [-0.4, -0.2) is 35.2 Å². The monoisotopic (exact) mass is 469 g/mol. The molecule has 176 valence electrons. The molecular formula is C25H22F3N3O3. The number of nitrogens with one attached hydrogen (secondary N) is 1. The lowest BCUT2D eigenvalue weighted by molar-refractivity contribution is -0.138. The second-order valence-electron chi connectivity index (χ2n) is 9.66. The maximum atomic E-state index is 13.9. The Hall–Kier alpha value is -3.20. The largest absolute Gasteiger partial charge is 0.418 e. The number of halogens is 3. The van der Waals surface area contributed by atoms with E-state index in [0.717, 1.165) is 29.7 Å². The van der Waals surface area contributed by atoms with E-state index in [1.807, 2.05) is 30.9 Å².